The molecule has 0 heterocycles. The molecule has 128 valence electrons. The maximum Gasteiger partial charge on any atom is 0.267 e. The highest BCUT2D eigenvalue weighted by Crippen LogP contribution is 2.29. The summed E-state index contributed by atoms with van der Waals surface area (Å²) in [5, 5.41) is 0.357. The number of carbonyl (C=O) groups is 1. The molecule has 0 aromatic heterocycles. The largest absolute Gasteiger partial charge is 0.454 e. The molecule has 0 atom stereocenters. The summed E-state index contributed by atoms with van der Waals surface area (Å²) in [6, 6.07) is 5.85. The molecule has 24 heavy (non-hydrogen) atoms. The van der Waals surface area contributed by atoms with Gasteiger partial charge in [0, 0.05) is 11.1 Å². The number of sulfonamides is 1. The third-order valence-corrected chi connectivity index (χ3v) is 3.56. The Labute approximate surface area is 142 Å². The van der Waals surface area contributed by atoms with Crippen LogP contribution in [0, 0.1) is 18.6 Å². The van der Waals surface area contributed by atoms with Gasteiger partial charge in [-0.3, -0.25) is 4.79 Å². The van der Waals surface area contributed by atoms with Crippen LogP contribution >= 0.6 is 11.6 Å². The van der Waals surface area contributed by atoms with Gasteiger partial charge in [-0.2, -0.15) is 0 Å². The van der Waals surface area contributed by atoms with Gasteiger partial charge in [-0.1, -0.05) is 11.6 Å². The first kappa shape index (κ1) is 18.2. The zero-order chi connectivity index (χ0) is 18.1. The molecule has 2 aromatic rings. The minimum absolute atomic E-state index is 0.187. The molecule has 0 fully saturated rings. The Hall–Kier alpha value is -2.19. The molecular formula is C15H12ClF2NO4S. The summed E-state index contributed by atoms with van der Waals surface area (Å²) in [7, 11) is -3.90. The number of nitrogens with one attached hydrogen (secondary N) is 1. The molecule has 0 aliphatic rings. The average Bonchev–Trinajstić information content (AvgIpc) is 2.39. The number of carbonyl (C=O) groups excluding carboxylic acids is 1. The third kappa shape index (κ3) is 4.65. The van der Waals surface area contributed by atoms with E-state index in [1.54, 1.807) is 23.8 Å². The average molecular weight is 376 g/mol. The third-order valence-electron chi connectivity index (χ3n) is 2.79. The second-order valence-electron chi connectivity index (χ2n) is 5.03. The predicted molar refractivity (Wildman–Crippen MR) is 84.9 cm³/mol. The maximum absolute atomic E-state index is 14.1. The van der Waals surface area contributed by atoms with E-state index in [1.807, 2.05) is 0 Å². The molecule has 0 saturated heterocycles. The van der Waals surface area contributed by atoms with Gasteiger partial charge in [0.05, 0.1) is 11.8 Å². The summed E-state index contributed by atoms with van der Waals surface area (Å²) in [5.74, 6) is -3.73. The van der Waals surface area contributed by atoms with Crippen LogP contribution < -0.4 is 9.46 Å². The van der Waals surface area contributed by atoms with Gasteiger partial charge in [0.1, 0.15) is 11.6 Å². The lowest BCUT2D eigenvalue weighted by molar-refractivity contribution is 0.0977. The summed E-state index contributed by atoms with van der Waals surface area (Å²) in [4.78, 5) is 11.6. The number of benzene rings is 2. The van der Waals surface area contributed by atoms with Gasteiger partial charge in [0.25, 0.3) is 5.91 Å². The molecule has 1 N–H and O–H groups in total. The minimum Gasteiger partial charge on any atom is -0.454 e. The van der Waals surface area contributed by atoms with Gasteiger partial charge in [-0.05, 0) is 36.8 Å². The summed E-state index contributed by atoms with van der Waals surface area (Å²) in [6.45, 7) is 1.74. The molecule has 0 saturated carbocycles. The topological polar surface area (TPSA) is 72.5 Å². The van der Waals surface area contributed by atoms with Gasteiger partial charge in [0.15, 0.2) is 11.6 Å². The molecule has 9 heteroatoms. The first-order valence-corrected chi connectivity index (χ1v) is 8.78. The van der Waals surface area contributed by atoms with Crippen LogP contribution in [0.4, 0.5) is 8.78 Å². The number of ether oxygens (including phenoxy) is 1. The van der Waals surface area contributed by atoms with Crippen LogP contribution in [0.15, 0.2) is 30.3 Å². The van der Waals surface area contributed by atoms with E-state index in [9.17, 15) is 22.0 Å². The number of hydrogen-bond acceptors (Lipinski definition) is 4. The fraction of sp³-hybridized carbons (Fsp3) is 0.133. The van der Waals surface area contributed by atoms with Crippen molar-refractivity contribution in [3.63, 3.8) is 0 Å². The predicted octanol–water partition coefficient (Wildman–Crippen LogP) is 3.41. The zero-order valence-electron chi connectivity index (χ0n) is 12.6. The van der Waals surface area contributed by atoms with Gasteiger partial charge >= 0.3 is 0 Å². The van der Waals surface area contributed by atoms with E-state index in [-0.39, 0.29) is 5.75 Å². The molecule has 2 aromatic carbocycles. The van der Waals surface area contributed by atoms with Crippen LogP contribution in [0.3, 0.4) is 0 Å². The summed E-state index contributed by atoms with van der Waals surface area (Å²) < 4.78 is 56.8. The van der Waals surface area contributed by atoms with Crippen molar-refractivity contribution in [3.8, 4) is 11.5 Å². The Kier molecular flexibility index (Phi) is 5.10. The lowest BCUT2D eigenvalue weighted by Crippen LogP contribution is -2.30. The number of halogens is 3. The Balaban J connectivity index is 2.34. The maximum atomic E-state index is 14.1. The highest BCUT2D eigenvalue weighted by atomic mass is 35.5. The van der Waals surface area contributed by atoms with Crippen molar-refractivity contribution in [3.05, 3.63) is 58.1 Å². The summed E-state index contributed by atoms with van der Waals surface area (Å²) in [5.41, 5.74) is -0.00456. The number of aryl methyl sites for hydroxylation is 1. The van der Waals surface area contributed by atoms with E-state index >= 15 is 0 Å². The van der Waals surface area contributed by atoms with Crippen LogP contribution in [0.2, 0.25) is 5.02 Å². The Morgan fingerprint density at radius 2 is 1.79 bits per heavy atom. The fourth-order valence-electron chi connectivity index (χ4n) is 1.89. The van der Waals surface area contributed by atoms with Crippen molar-refractivity contribution >= 4 is 27.5 Å². The molecule has 5 nitrogen and oxygen atoms in total. The first-order valence-electron chi connectivity index (χ1n) is 6.51. The molecular weight excluding hydrogens is 364 g/mol. The van der Waals surface area contributed by atoms with Crippen molar-refractivity contribution in [2.45, 2.75) is 6.92 Å². The van der Waals surface area contributed by atoms with E-state index in [0.29, 0.717) is 17.2 Å². The highest BCUT2D eigenvalue weighted by molar-refractivity contribution is 7.89. The lowest BCUT2D eigenvalue weighted by Gasteiger charge is -2.10. The normalized spacial score (nSPS) is 11.2. The van der Waals surface area contributed by atoms with Gasteiger partial charge in [-0.25, -0.2) is 21.9 Å². The molecule has 0 aliphatic carbocycles. The summed E-state index contributed by atoms with van der Waals surface area (Å²) >= 11 is 5.86. The monoisotopic (exact) mass is 375 g/mol. The number of hydrogen-bond donors (Lipinski definition) is 1. The van der Waals surface area contributed by atoms with E-state index in [4.69, 9.17) is 16.3 Å². The van der Waals surface area contributed by atoms with E-state index in [0.717, 1.165) is 11.8 Å². The van der Waals surface area contributed by atoms with Gasteiger partial charge in [-0.15, -0.1) is 0 Å². The van der Waals surface area contributed by atoms with Crippen LogP contribution in [-0.4, -0.2) is 20.6 Å². The molecule has 0 radical (unpaired) electrons. The lowest BCUT2D eigenvalue weighted by atomic mass is 10.2. The molecule has 0 spiro atoms. The van der Waals surface area contributed by atoms with Crippen molar-refractivity contribution in [1.82, 2.24) is 4.72 Å². The first-order chi connectivity index (χ1) is 11.0. The van der Waals surface area contributed by atoms with E-state index < -0.39 is 38.9 Å². The van der Waals surface area contributed by atoms with Crippen molar-refractivity contribution in [2.75, 3.05) is 6.26 Å². The zero-order valence-corrected chi connectivity index (χ0v) is 14.1. The quantitative estimate of drug-likeness (QED) is 0.888. The van der Waals surface area contributed by atoms with Crippen LogP contribution in [-0.2, 0) is 10.0 Å². The second kappa shape index (κ2) is 6.74. The standard InChI is InChI=1S/C15H12ClF2NO4S/c1-8-3-9(16)5-10(4-8)23-14-7-12(17)11(6-13(14)18)15(20)19-24(2,21)22/h3-7H,1-2H3,(H,19,20). The summed E-state index contributed by atoms with van der Waals surface area (Å²) in [6.07, 6.45) is 0.720. The Morgan fingerprint density at radius 3 is 2.38 bits per heavy atom. The highest BCUT2D eigenvalue weighted by Gasteiger charge is 2.20. The fourth-order valence-corrected chi connectivity index (χ4v) is 2.62. The second-order valence-corrected chi connectivity index (χ2v) is 7.22. The van der Waals surface area contributed by atoms with Gasteiger partial charge in [0.2, 0.25) is 10.0 Å². The van der Waals surface area contributed by atoms with Crippen LogP contribution in [0.1, 0.15) is 15.9 Å². The number of rotatable bonds is 4. The Morgan fingerprint density at radius 1 is 1.12 bits per heavy atom. The number of amides is 1. The minimum atomic E-state index is -3.90. The van der Waals surface area contributed by atoms with Crippen molar-refractivity contribution in [2.24, 2.45) is 0 Å². The molecule has 0 bridgehead atoms. The van der Waals surface area contributed by atoms with E-state index in [1.165, 1.54) is 6.07 Å². The molecule has 2 rings (SSSR count). The molecule has 1 amide bonds. The van der Waals surface area contributed by atoms with Crippen LogP contribution in [0.5, 0.6) is 11.5 Å². The Bertz CT molecular complexity index is 896. The van der Waals surface area contributed by atoms with Crippen LogP contribution in [0.25, 0.3) is 0 Å². The van der Waals surface area contributed by atoms with Crippen molar-refractivity contribution in [1.29, 1.82) is 0 Å². The van der Waals surface area contributed by atoms with E-state index in [2.05, 4.69) is 0 Å². The smallest absolute Gasteiger partial charge is 0.267 e. The SMILES string of the molecule is Cc1cc(Cl)cc(Oc2cc(F)c(C(=O)NS(C)(=O)=O)cc2F)c1. The molecule has 0 aliphatic heterocycles. The van der Waals surface area contributed by atoms with Crippen molar-refractivity contribution < 1.29 is 26.7 Å². The van der Waals surface area contributed by atoms with Gasteiger partial charge < -0.3 is 4.74 Å². The molecule has 0 unspecified atom stereocenters.